The molecule has 0 spiro atoms. The molecule has 0 unspecified atom stereocenters. The van der Waals surface area contributed by atoms with Gasteiger partial charge in [-0.2, -0.15) is 0 Å². The fraction of sp³-hybridized carbons (Fsp3) is 0.0435. The second-order valence-corrected chi connectivity index (χ2v) is 6.61. The van der Waals surface area contributed by atoms with E-state index in [9.17, 15) is 14.0 Å². The van der Waals surface area contributed by atoms with Gasteiger partial charge in [-0.1, -0.05) is 12.1 Å². The summed E-state index contributed by atoms with van der Waals surface area (Å²) >= 11 is 0. The number of halogens is 1. The number of ether oxygens (including phenoxy) is 4. The summed E-state index contributed by atoms with van der Waals surface area (Å²) < 4.78 is 34.6. The molecule has 7 heteroatoms. The first kappa shape index (κ1) is 17.9. The van der Waals surface area contributed by atoms with Gasteiger partial charge in [0.25, 0.3) is 0 Å². The van der Waals surface area contributed by atoms with E-state index >= 15 is 0 Å². The van der Waals surface area contributed by atoms with Gasteiger partial charge in [-0.05, 0) is 54.1 Å². The number of rotatable bonds is 3. The maximum absolute atomic E-state index is 13.1. The summed E-state index contributed by atoms with van der Waals surface area (Å²) in [7, 11) is 0. The molecule has 6 nitrogen and oxygen atoms in total. The van der Waals surface area contributed by atoms with Gasteiger partial charge in [0.1, 0.15) is 17.3 Å². The van der Waals surface area contributed by atoms with Gasteiger partial charge in [-0.3, -0.25) is 4.79 Å². The van der Waals surface area contributed by atoms with E-state index in [2.05, 4.69) is 0 Å². The summed E-state index contributed by atoms with van der Waals surface area (Å²) in [4.78, 5) is 25.0. The molecule has 2 heterocycles. The molecule has 0 bridgehead atoms. The summed E-state index contributed by atoms with van der Waals surface area (Å²) in [6, 6.07) is 15.0. The molecular weight excluding hydrogens is 391 g/mol. The molecule has 0 N–H and O–H groups in total. The number of esters is 1. The molecule has 0 saturated heterocycles. The lowest BCUT2D eigenvalue weighted by Gasteiger charge is -2.06. The Morgan fingerprint density at radius 2 is 1.73 bits per heavy atom. The number of hydrogen-bond acceptors (Lipinski definition) is 6. The van der Waals surface area contributed by atoms with Gasteiger partial charge in [0.2, 0.25) is 12.6 Å². The molecule has 148 valence electrons. The van der Waals surface area contributed by atoms with Crippen molar-refractivity contribution in [3.05, 3.63) is 88.9 Å². The molecule has 0 aliphatic carbocycles. The van der Waals surface area contributed by atoms with Crippen LogP contribution in [0.25, 0.3) is 6.08 Å². The number of carbonyl (C=O) groups excluding carboxylic acids is 2. The van der Waals surface area contributed by atoms with E-state index in [4.69, 9.17) is 18.9 Å². The third-order valence-corrected chi connectivity index (χ3v) is 4.63. The van der Waals surface area contributed by atoms with E-state index in [0.717, 1.165) is 0 Å². The van der Waals surface area contributed by atoms with Crippen LogP contribution in [0.2, 0.25) is 0 Å². The third kappa shape index (κ3) is 3.26. The predicted molar refractivity (Wildman–Crippen MR) is 103 cm³/mol. The van der Waals surface area contributed by atoms with Gasteiger partial charge in [0.05, 0.1) is 11.1 Å². The number of ketones is 1. The topological polar surface area (TPSA) is 71.1 Å². The van der Waals surface area contributed by atoms with Crippen molar-refractivity contribution in [1.29, 1.82) is 0 Å². The van der Waals surface area contributed by atoms with Gasteiger partial charge in [-0.15, -0.1) is 0 Å². The zero-order valence-electron chi connectivity index (χ0n) is 15.4. The molecule has 3 aromatic carbocycles. The first-order chi connectivity index (χ1) is 14.6. The van der Waals surface area contributed by atoms with Crippen molar-refractivity contribution in [3.63, 3.8) is 0 Å². The van der Waals surface area contributed by atoms with E-state index < -0.39 is 5.97 Å². The number of Topliss-reactive ketones (excluding diaryl/α,β-unsaturated/α-hetero) is 1. The molecule has 0 aromatic heterocycles. The van der Waals surface area contributed by atoms with Crippen molar-refractivity contribution in [2.45, 2.75) is 0 Å². The highest BCUT2D eigenvalue weighted by Crippen LogP contribution is 2.36. The lowest BCUT2D eigenvalue weighted by molar-refractivity contribution is 0.0734. The monoisotopic (exact) mass is 404 g/mol. The van der Waals surface area contributed by atoms with Crippen LogP contribution in [0.4, 0.5) is 4.39 Å². The second-order valence-electron chi connectivity index (χ2n) is 6.61. The quantitative estimate of drug-likeness (QED) is 0.366. The minimum Gasteiger partial charge on any atom is -0.454 e. The zero-order chi connectivity index (χ0) is 20.7. The Kier molecular flexibility index (Phi) is 4.21. The fourth-order valence-electron chi connectivity index (χ4n) is 3.13. The Balaban J connectivity index is 1.35. The maximum Gasteiger partial charge on any atom is 0.343 e. The van der Waals surface area contributed by atoms with Crippen LogP contribution in [-0.2, 0) is 0 Å². The van der Waals surface area contributed by atoms with Crippen LogP contribution in [0.1, 0.15) is 26.3 Å². The van der Waals surface area contributed by atoms with Crippen molar-refractivity contribution in [2.24, 2.45) is 0 Å². The van der Waals surface area contributed by atoms with Crippen molar-refractivity contribution in [1.82, 2.24) is 0 Å². The first-order valence-corrected chi connectivity index (χ1v) is 9.02. The summed E-state index contributed by atoms with van der Waals surface area (Å²) in [5, 5.41) is 0. The van der Waals surface area contributed by atoms with E-state index in [1.165, 1.54) is 36.4 Å². The first-order valence-electron chi connectivity index (χ1n) is 9.02. The molecule has 3 aromatic rings. The Morgan fingerprint density at radius 3 is 2.57 bits per heavy atom. The average Bonchev–Trinajstić information content (AvgIpc) is 3.33. The number of allylic oxidation sites excluding steroid dienone is 1. The summed E-state index contributed by atoms with van der Waals surface area (Å²) in [6.45, 7) is 0.109. The van der Waals surface area contributed by atoms with Crippen molar-refractivity contribution in [3.8, 4) is 23.0 Å². The zero-order valence-corrected chi connectivity index (χ0v) is 15.4. The van der Waals surface area contributed by atoms with Gasteiger partial charge < -0.3 is 18.9 Å². The largest absolute Gasteiger partial charge is 0.454 e. The lowest BCUT2D eigenvalue weighted by atomic mass is 10.1. The third-order valence-electron chi connectivity index (χ3n) is 4.63. The van der Waals surface area contributed by atoms with E-state index in [0.29, 0.717) is 28.2 Å². The van der Waals surface area contributed by atoms with Crippen LogP contribution in [0, 0.1) is 5.82 Å². The molecule has 5 rings (SSSR count). The minimum atomic E-state index is -0.584. The number of carbonyl (C=O) groups is 2. The summed E-state index contributed by atoms with van der Waals surface area (Å²) in [5.74, 6) is 0.405. The predicted octanol–water partition coefficient (Wildman–Crippen LogP) is 4.39. The highest BCUT2D eigenvalue weighted by molar-refractivity contribution is 6.14. The van der Waals surface area contributed by atoms with Gasteiger partial charge >= 0.3 is 5.97 Å². The van der Waals surface area contributed by atoms with Crippen LogP contribution in [-0.4, -0.2) is 18.5 Å². The van der Waals surface area contributed by atoms with Crippen LogP contribution < -0.4 is 18.9 Å². The molecule has 30 heavy (non-hydrogen) atoms. The molecule has 0 fully saturated rings. The van der Waals surface area contributed by atoms with Crippen LogP contribution >= 0.6 is 0 Å². The standard InChI is InChI=1S/C23H13FO6/c24-15-4-1-13(2-5-15)9-21-22(25)17-7-6-16(11-19(17)30-21)29-23(26)14-3-8-18-20(10-14)28-12-27-18/h1-11H,12H2. The molecular formula is C23H13FO6. The Hall–Kier alpha value is -4.13. The Labute approximate surface area is 170 Å². The van der Waals surface area contributed by atoms with Crippen LogP contribution in [0.3, 0.4) is 0 Å². The fourth-order valence-corrected chi connectivity index (χ4v) is 3.13. The van der Waals surface area contributed by atoms with E-state index in [1.54, 1.807) is 30.3 Å². The minimum absolute atomic E-state index is 0.107. The Bertz CT molecular complexity index is 1210. The molecule has 0 amide bonds. The van der Waals surface area contributed by atoms with Gasteiger partial charge in [0, 0.05) is 6.07 Å². The SMILES string of the molecule is O=C(Oc1ccc2c(c1)OC(=Cc1ccc(F)cc1)C2=O)c1ccc2c(c1)OCO2. The normalized spacial score (nSPS) is 15.1. The average molecular weight is 404 g/mol. The number of fused-ring (bicyclic) bond motifs is 2. The maximum atomic E-state index is 13.1. The molecule has 2 aliphatic heterocycles. The number of hydrogen-bond donors (Lipinski definition) is 0. The molecule has 0 atom stereocenters. The smallest absolute Gasteiger partial charge is 0.343 e. The van der Waals surface area contributed by atoms with Crippen molar-refractivity contribution >= 4 is 17.8 Å². The van der Waals surface area contributed by atoms with Crippen LogP contribution in [0.15, 0.2) is 66.4 Å². The van der Waals surface area contributed by atoms with Crippen molar-refractivity contribution < 1.29 is 32.9 Å². The highest BCUT2D eigenvalue weighted by atomic mass is 19.1. The summed E-state index contributed by atoms with van der Waals surface area (Å²) in [5.41, 5.74) is 1.28. The van der Waals surface area contributed by atoms with Gasteiger partial charge in [0.15, 0.2) is 17.3 Å². The summed E-state index contributed by atoms with van der Waals surface area (Å²) in [6.07, 6.45) is 1.53. The number of benzene rings is 3. The molecule has 2 aliphatic rings. The van der Waals surface area contributed by atoms with Crippen molar-refractivity contribution in [2.75, 3.05) is 6.79 Å². The second kappa shape index (κ2) is 7.04. The lowest BCUT2D eigenvalue weighted by Crippen LogP contribution is -2.08. The molecule has 0 saturated carbocycles. The van der Waals surface area contributed by atoms with Crippen LogP contribution in [0.5, 0.6) is 23.0 Å². The highest BCUT2D eigenvalue weighted by Gasteiger charge is 2.28. The molecule has 0 radical (unpaired) electrons. The van der Waals surface area contributed by atoms with E-state index in [1.807, 2.05) is 0 Å². The van der Waals surface area contributed by atoms with Gasteiger partial charge in [-0.25, -0.2) is 9.18 Å². The van der Waals surface area contributed by atoms with E-state index in [-0.39, 0.29) is 35.7 Å². The Morgan fingerprint density at radius 1 is 0.933 bits per heavy atom.